The molecule has 2 rings (SSSR count). The first-order valence-electron chi connectivity index (χ1n) is 6.37. The Kier molecular flexibility index (Phi) is 4.58. The third kappa shape index (κ3) is 2.91. The number of para-hydroxylation sites is 1. The molecule has 2 N–H and O–H groups in total. The summed E-state index contributed by atoms with van der Waals surface area (Å²) in [5, 5.41) is 0. The Morgan fingerprint density at radius 3 is 2.45 bits per heavy atom. The van der Waals surface area contributed by atoms with Crippen LogP contribution in [0.2, 0.25) is 0 Å². The maximum Gasteiger partial charge on any atom is 0.165 e. The molecule has 0 spiro atoms. The molecule has 0 aromatic heterocycles. The lowest BCUT2D eigenvalue weighted by molar-refractivity contribution is 0.349. The summed E-state index contributed by atoms with van der Waals surface area (Å²) in [6.45, 7) is 0. The Balaban J connectivity index is 2.30. The second-order valence-corrected chi connectivity index (χ2v) is 4.48. The Bertz CT molecular complexity index is 586. The monoisotopic (exact) mass is 275 g/mol. The van der Waals surface area contributed by atoms with E-state index in [2.05, 4.69) is 0 Å². The van der Waals surface area contributed by atoms with Crippen LogP contribution in [0.15, 0.2) is 42.5 Å². The van der Waals surface area contributed by atoms with Crippen LogP contribution in [0, 0.1) is 5.82 Å². The maximum atomic E-state index is 13.7. The predicted molar refractivity (Wildman–Crippen MR) is 76.6 cm³/mol. The van der Waals surface area contributed by atoms with Gasteiger partial charge in [0.2, 0.25) is 0 Å². The largest absolute Gasteiger partial charge is 0.493 e. The minimum absolute atomic E-state index is 0.246. The summed E-state index contributed by atoms with van der Waals surface area (Å²) in [4.78, 5) is 0. The topological polar surface area (TPSA) is 44.5 Å². The van der Waals surface area contributed by atoms with Crippen molar-refractivity contribution in [3.63, 3.8) is 0 Å². The molecule has 0 aliphatic rings. The van der Waals surface area contributed by atoms with E-state index in [0.717, 1.165) is 5.56 Å². The summed E-state index contributed by atoms with van der Waals surface area (Å²) in [5.41, 5.74) is 7.58. The fourth-order valence-electron chi connectivity index (χ4n) is 2.21. The molecule has 106 valence electrons. The van der Waals surface area contributed by atoms with Crippen molar-refractivity contribution in [1.29, 1.82) is 0 Å². The van der Waals surface area contributed by atoms with Crippen molar-refractivity contribution in [3.05, 3.63) is 59.4 Å². The van der Waals surface area contributed by atoms with Gasteiger partial charge >= 0.3 is 0 Å². The van der Waals surface area contributed by atoms with Crippen LogP contribution in [0.1, 0.15) is 17.2 Å². The predicted octanol–water partition coefficient (Wildman–Crippen LogP) is 3.09. The number of rotatable bonds is 5. The lowest BCUT2D eigenvalue weighted by Crippen LogP contribution is -2.15. The lowest BCUT2D eigenvalue weighted by Gasteiger charge is -2.18. The van der Waals surface area contributed by atoms with Crippen molar-refractivity contribution in [1.82, 2.24) is 0 Å². The van der Waals surface area contributed by atoms with Gasteiger partial charge in [-0.25, -0.2) is 4.39 Å². The Hall–Kier alpha value is -2.07. The zero-order valence-corrected chi connectivity index (χ0v) is 11.6. The van der Waals surface area contributed by atoms with Crippen LogP contribution >= 0.6 is 0 Å². The molecule has 0 bridgehead atoms. The Labute approximate surface area is 118 Å². The van der Waals surface area contributed by atoms with Crippen molar-refractivity contribution in [2.75, 3.05) is 14.2 Å². The van der Waals surface area contributed by atoms with Gasteiger partial charge in [-0.2, -0.15) is 0 Å². The zero-order chi connectivity index (χ0) is 14.5. The first-order chi connectivity index (χ1) is 9.67. The van der Waals surface area contributed by atoms with Crippen LogP contribution < -0.4 is 15.2 Å². The number of hydrogen-bond acceptors (Lipinski definition) is 3. The van der Waals surface area contributed by atoms with Crippen LogP contribution in [0.25, 0.3) is 0 Å². The average molecular weight is 275 g/mol. The van der Waals surface area contributed by atoms with Gasteiger partial charge in [0.15, 0.2) is 11.5 Å². The third-order valence-corrected chi connectivity index (χ3v) is 3.23. The van der Waals surface area contributed by atoms with Crippen LogP contribution in [-0.2, 0) is 6.42 Å². The SMILES string of the molecule is COc1cccc(C(N)Cc2ccccc2F)c1OC. The molecule has 3 nitrogen and oxygen atoms in total. The Morgan fingerprint density at radius 1 is 1.05 bits per heavy atom. The molecule has 20 heavy (non-hydrogen) atoms. The zero-order valence-electron chi connectivity index (χ0n) is 11.6. The minimum Gasteiger partial charge on any atom is -0.493 e. The van der Waals surface area contributed by atoms with Gasteiger partial charge in [-0.05, 0) is 24.1 Å². The molecule has 0 heterocycles. The minimum atomic E-state index is -0.364. The van der Waals surface area contributed by atoms with Crippen molar-refractivity contribution in [3.8, 4) is 11.5 Å². The van der Waals surface area contributed by atoms with Crippen molar-refractivity contribution >= 4 is 0 Å². The van der Waals surface area contributed by atoms with Gasteiger partial charge in [-0.15, -0.1) is 0 Å². The van der Waals surface area contributed by atoms with Crippen LogP contribution in [0.5, 0.6) is 11.5 Å². The van der Waals surface area contributed by atoms with E-state index in [9.17, 15) is 4.39 Å². The number of nitrogens with two attached hydrogens (primary N) is 1. The van der Waals surface area contributed by atoms with Gasteiger partial charge < -0.3 is 15.2 Å². The molecule has 0 saturated heterocycles. The highest BCUT2D eigenvalue weighted by atomic mass is 19.1. The number of methoxy groups -OCH3 is 2. The number of ether oxygens (including phenoxy) is 2. The second kappa shape index (κ2) is 6.39. The molecule has 1 unspecified atom stereocenters. The second-order valence-electron chi connectivity index (χ2n) is 4.48. The number of halogens is 1. The molecule has 0 saturated carbocycles. The molecule has 2 aromatic carbocycles. The highest BCUT2D eigenvalue weighted by Gasteiger charge is 2.17. The van der Waals surface area contributed by atoms with E-state index in [-0.39, 0.29) is 11.9 Å². The molecule has 0 fully saturated rings. The van der Waals surface area contributed by atoms with E-state index >= 15 is 0 Å². The van der Waals surface area contributed by atoms with Gasteiger partial charge in [-0.1, -0.05) is 30.3 Å². The van der Waals surface area contributed by atoms with Gasteiger partial charge in [-0.3, -0.25) is 0 Å². The van der Waals surface area contributed by atoms with Crippen molar-refractivity contribution in [2.45, 2.75) is 12.5 Å². The Morgan fingerprint density at radius 2 is 1.80 bits per heavy atom. The first-order valence-corrected chi connectivity index (χ1v) is 6.37. The van der Waals surface area contributed by atoms with E-state index in [4.69, 9.17) is 15.2 Å². The smallest absolute Gasteiger partial charge is 0.165 e. The summed E-state index contributed by atoms with van der Waals surface area (Å²) in [6, 6.07) is 11.8. The number of hydrogen-bond donors (Lipinski definition) is 1. The van der Waals surface area contributed by atoms with Crippen molar-refractivity contribution < 1.29 is 13.9 Å². The molecule has 0 aliphatic heterocycles. The van der Waals surface area contributed by atoms with Gasteiger partial charge in [0, 0.05) is 11.6 Å². The van der Waals surface area contributed by atoms with Crippen molar-refractivity contribution in [2.24, 2.45) is 5.73 Å². The lowest BCUT2D eigenvalue weighted by atomic mass is 9.98. The third-order valence-electron chi connectivity index (χ3n) is 3.23. The molecule has 1 atom stereocenters. The molecule has 0 radical (unpaired) electrons. The van der Waals surface area contributed by atoms with Crippen LogP contribution in [0.3, 0.4) is 0 Å². The standard InChI is InChI=1S/C16H18FNO2/c1-19-15-9-5-7-12(16(15)20-2)14(18)10-11-6-3-4-8-13(11)17/h3-9,14H,10,18H2,1-2H3. The highest BCUT2D eigenvalue weighted by molar-refractivity contribution is 5.48. The molecular weight excluding hydrogens is 257 g/mol. The molecule has 2 aromatic rings. The molecule has 4 heteroatoms. The highest BCUT2D eigenvalue weighted by Crippen LogP contribution is 2.34. The first kappa shape index (κ1) is 14.3. The summed E-state index contributed by atoms with van der Waals surface area (Å²) < 4.78 is 24.3. The van der Waals surface area contributed by atoms with Crippen LogP contribution in [-0.4, -0.2) is 14.2 Å². The quantitative estimate of drug-likeness (QED) is 0.912. The number of benzene rings is 2. The van der Waals surface area contributed by atoms with Crippen LogP contribution in [0.4, 0.5) is 4.39 Å². The van der Waals surface area contributed by atoms with E-state index < -0.39 is 0 Å². The summed E-state index contributed by atoms with van der Waals surface area (Å²) in [7, 11) is 3.14. The molecule has 0 amide bonds. The summed E-state index contributed by atoms with van der Waals surface area (Å²) >= 11 is 0. The fraction of sp³-hybridized carbons (Fsp3) is 0.250. The van der Waals surface area contributed by atoms with E-state index in [1.807, 2.05) is 12.1 Å². The average Bonchev–Trinajstić information content (AvgIpc) is 2.48. The maximum absolute atomic E-state index is 13.7. The van der Waals surface area contributed by atoms with E-state index in [0.29, 0.717) is 23.5 Å². The van der Waals surface area contributed by atoms with E-state index in [1.165, 1.54) is 6.07 Å². The molecule has 0 aliphatic carbocycles. The summed E-state index contributed by atoms with van der Waals surface area (Å²) in [5.74, 6) is 0.970. The normalized spacial score (nSPS) is 12.0. The van der Waals surface area contributed by atoms with Gasteiger partial charge in [0.1, 0.15) is 5.82 Å². The molecular formula is C16H18FNO2. The van der Waals surface area contributed by atoms with E-state index in [1.54, 1.807) is 38.5 Å². The van der Waals surface area contributed by atoms with Gasteiger partial charge in [0.25, 0.3) is 0 Å². The summed E-state index contributed by atoms with van der Waals surface area (Å²) in [6.07, 6.45) is 0.399. The fourth-order valence-corrected chi connectivity index (χ4v) is 2.21. The van der Waals surface area contributed by atoms with Gasteiger partial charge in [0.05, 0.1) is 14.2 Å².